The highest BCUT2D eigenvalue weighted by Crippen LogP contribution is 2.30. The van der Waals surface area contributed by atoms with Gasteiger partial charge in [-0.3, -0.25) is 4.79 Å². The van der Waals surface area contributed by atoms with Crippen molar-refractivity contribution in [2.45, 2.75) is 19.8 Å². The van der Waals surface area contributed by atoms with Crippen LogP contribution in [0, 0.1) is 0 Å². The molecule has 0 unspecified atom stereocenters. The fraction of sp³-hybridized carbons (Fsp3) is 0.278. The zero-order chi connectivity index (χ0) is 16.8. The first kappa shape index (κ1) is 17.8. The maximum absolute atomic E-state index is 12.3. The third-order valence-electron chi connectivity index (χ3n) is 3.33. The number of carbonyl (C=O) groups excluding carboxylic acids is 1. The molecule has 0 aliphatic heterocycles. The number of benzene rings is 1. The highest BCUT2D eigenvalue weighted by atomic mass is 79.9. The van der Waals surface area contributed by atoms with Gasteiger partial charge in [0.1, 0.15) is 11.5 Å². The summed E-state index contributed by atoms with van der Waals surface area (Å²) in [4.78, 5) is 14.3. The van der Waals surface area contributed by atoms with Crippen LogP contribution in [0.3, 0.4) is 0 Å². The number of hydrogen-bond donors (Lipinski definition) is 0. The maximum Gasteiger partial charge on any atom is 0.195 e. The Bertz CT molecular complexity index is 719. The van der Waals surface area contributed by atoms with Crippen molar-refractivity contribution in [1.82, 2.24) is 0 Å². The number of aryl methyl sites for hydroxylation is 1. The normalized spacial score (nSPS) is 11.0. The minimum atomic E-state index is -0.00377. The summed E-state index contributed by atoms with van der Waals surface area (Å²) in [6.07, 6.45) is 5.40. The smallest absolute Gasteiger partial charge is 0.195 e. The Morgan fingerprint density at radius 3 is 2.70 bits per heavy atom. The lowest BCUT2D eigenvalue weighted by Crippen LogP contribution is -1.92. The number of allylic oxidation sites excluding steroid dienone is 1. The summed E-state index contributed by atoms with van der Waals surface area (Å²) < 4.78 is 11.5. The average Bonchev–Trinajstić information content (AvgIpc) is 2.93. The van der Waals surface area contributed by atoms with Gasteiger partial charge in [0.05, 0.1) is 19.1 Å². The molecule has 0 spiro atoms. The average molecular weight is 395 g/mol. The molecule has 1 heterocycles. The molecular formula is C18H19BrO3S. The molecule has 0 amide bonds. The van der Waals surface area contributed by atoms with E-state index in [4.69, 9.17) is 9.47 Å². The van der Waals surface area contributed by atoms with Crippen LogP contribution in [0.25, 0.3) is 6.08 Å². The van der Waals surface area contributed by atoms with Crippen molar-refractivity contribution >= 4 is 39.1 Å². The molecule has 0 radical (unpaired) electrons. The van der Waals surface area contributed by atoms with Gasteiger partial charge in [0, 0.05) is 21.0 Å². The Kier molecular flexibility index (Phi) is 6.42. The molecule has 0 fully saturated rings. The molecule has 0 atom stereocenters. The van der Waals surface area contributed by atoms with Gasteiger partial charge < -0.3 is 9.47 Å². The van der Waals surface area contributed by atoms with Crippen LogP contribution >= 0.6 is 27.3 Å². The van der Waals surface area contributed by atoms with Gasteiger partial charge >= 0.3 is 0 Å². The van der Waals surface area contributed by atoms with Crippen LogP contribution in [0.15, 0.2) is 34.8 Å². The van der Waals surface area contributed by atoms with E-state index in [-0.39, 0.29) is 5.78 Å². The fourth-order valence-corrected chi connectivity index (χ4v) is 4.02. The summed E-state index contributed by atoms with van der Waals surface area (Å²) in [6.45, 7) is 2.13. The van der Waals surface area contributed by atoms with E-state index in [1.54, 1.807) is 43.8 Å². The Morgan fingerprint density at radius 1 is 1.26 bits per heavy atom. The van der Waals surface area contributed by atoms with Crippen molar-refractivity contribution in [2.75, 3.05) is 14.2 Å². The quantitative estimate of drug-likeness (QED) is 0.467. The molecule has 2 aromatic rings. The molecule has 0 N–H and O–H groups in total. The first-order valence-electron chi connectivity index (χ1n) is 7.31. The Hall–Kier alpha value is -1.59. The number of thiophene rings is 1. The van der Waals surface area contributed by atoms with Crippen molar-refractivity contribution in [3.05, 3.63) is 50.1 Å². The number of methoxy groups -OCH3 is 2. The van der Waals surface area contributed by atoms with Crippen LogP contribution < -0.4 is 9.47 Å². The third-order valence-corrected chi connectivity index (χ3v) is 5.51. The predicted molar refractivity (Wildman–Crippen MR) is 98.9 cm³/mol. The van der Waals surface area contributed by atoms with Gasteiger partial charge in [-0.25, -0.2) is 0 Å². The van der Waals surface area contributed by atoms with Crippen LogP contribution in [-0.2, 0) is 6.42 Å². The van der Waals surface area contributed by atoms with E-state index in [1.165, 1.54) is 4.88 Å². The van der Waals surface area contributed by atoms with Gasteiger partial charge in [0.25, 0.3) is 0 Å². The van der Waals surface area contributed by atoms with Gasteiger partial charge in [-0.15, -0.1) is 11.3 Å². The lowest BCUT2D eigenvalue weighted by Gasteiger charge is -2.07. The molecule has 0 bridgehead atoms. The lowest BCUT2D eigenvalue weighted by atomic mass is 10.1. The summed E-state index contributed by atoms with van der Waals surface area (Å²) in [5.74, 6) is 1.39. The van der Waals surface area contributed by atoms with E-state index in [2.05, 4.69) is 22.9 Å². The molecule has 5 heteroatoms. The summed E-state index contributed by atoms with van der Waals surface area (Å²) in [5.41, 5.74) is 0.839. The van der Waals surface area contributed by atoms with E-state index in [9.17, 15) is 4.79 Å². The molecular weight excluding hydrogens is 376 g/mol. The molecule has 1 aromatic carbocycles. The molecule has 1 aromatic heterocycles. The van der Waals surface area contributed by atoms with Crippen molar-refractivity contribution in [3.63, 3.8) is 0 Å². The second-order valence-corrected chi connectivity index (χ2v) is 6.93. The summed E-state index contributed by atoms with van der Waals surface area (Å²) >= 11 is 5.07. The summed E-state index contributed by atoms with van der Waals surface area (Å²) in [5, 5.41) is 0. The Labute approximate surface area is 149 Å². The lowest BCUT2D eigenvalue weighted by molar-refractivity contribution is 0.105. The van der Waals surface area contributed by atoms with Crippen molar-refractivity contribution in [3.8, 4) is 11.5 Å². The largest absolute Gasteiger partial charge is 0.497 e. The number of halogens is 1. The van der Waals surface area contributed by atoms with Crippen LogP contribution in [-0.4, -0.2) is 20.0 Å². The highest BCUT2D eigenvalue weighted by Gasteiger charge is 2.11. The molecule has 0 aliphatic rings. The van der Waals surface area contributed by atoms with Crippen molar-refractivity contribution in [1.29, 1.82) is 0 Å². The number of hydrogen-bond acceptors (Lipinski definition) is 4. The molecule has 23 heavy (non-hydrogen) atoms. The standard InChI is InChI=1S/C18H19BrO3S/c1-4-5-17-14(19)11-18(23-17)15(20)9-7-12-6-8-13(21-2)10-16(12)22-3/h6-11H,4-5H2,1-3H3/b9-7+. The second-order valence-electron chi connectivity index (χ2n) is 4.94. The van der Waals surface area contributed by atoms with Crippen molar-refractivity contribution < 1.29 is 14.3 Å². The van der Waals surface area contributed by atoms with Gasteiger partial charge in [-0.05, 0) is 52.7 Å². The Balaban J connectivity index is 2.19. The topological polar surface area (TPSA) is 35.5 Å². The van der Waals surface area contributed by atoms with E-state index in [0.717, 1.165) is 33.5 Å². The molecule has 0 aliphatic carbocycles. The van der Waals surface area contributed by atoms with E-state index in [0.29, 0.717) is 5.75 Å². The zero-order valence-electron chi connectivity index (χ0n) is 13.4. The fourth-order valence-electron chi connectivity index (χ4n) is 2.13. The summed E-state index contributed by atoms with van der Waals surface area (Å²) in [7, 11) is 3.21. The summed E-state index contributed by atoms with van der Waals surface area (Å²) in [6, 6.07) is 7.40. The Morgan fingerprint density at radius 2 is 2.04 bits per heavy atom. The van der Waals surface area contributed by atoms with Gasteiger partial charge in [0.2, 0.25) is 0 Å². The first-order valence-corrected chi connectivity index (χ1v) is 8.92. The number of ketones is 1. The van der Waals surface area contributed by atoms with Gasteiger partial charge in [-0.2, -0.15) is 0 Å². The molecule has 122 valence electrons. The molecule has 0 saturated carbocycles. The second kappa shape index (κ2) is 8.31. The zero-order valence-corrected chi connectivity index (χ0v) is 15.8. The number of rotatable bonds is 7. The third kappa shape index (κ3) is 4.45. The monoisotopic (exact) mass is 394 g/mol. The minimum Gasteiger partial charge on any atom is -0.497 e. The van der Waals surface area contributed by atoms with Crippen LogP contribution in [0.5, 0.6) is 11.5 Å². The van der Waals surface area contributed by atoms with Gasteiger partial charge in [-0.1, -0.05) is 13.3 Å². The van der Waals surface area contributed by atoms with Crippen LogP contribution in [0.2, 0.25) is 0 Å². The first-order chi connectivity index (χ1) is 11.1. The minimum absolute atomic E-state index is 0.00377. The highest BCUT2D eigenvalue weighted by molar-refractivity contribution is 9.10. The van der Waals surface area contributed by atoms with Crippen LogP contribution in [0.1, 0.15) is 33.5 Å². The molecule has 0 saturated heterocycles. The van der Waals surface area contributed by atoms with Gasteiger partial charge in [0.15, 0.2) is 5.78 Å². The van der Waals surface area contributed by atoms with E-state index in [1.807, 2.05) is 18.2 Å². The number of carbonyl (C=O) groups is 1. The van der Waals surface area contributed by atoms with Crippen LogP contribution in [0.4, 0.5) is 0 Å². The SMILES string of the molecule is CCCc1sc(C(=O)/C=C/c2ccc(OC)cc2OC)cc1Br. The number of ether oxygens (including phenoxy) is 2. The molecule has 2 rings (SSSR count). The van der Waals surface area contributed by atoms with Crippen molar-refractivity contribution in [2.24, 2.45) is 0 Å². The van der Waals surface area contributed by atoms with E-state index >= 15 is 0 Å². The predicted octanol–water partition coefficient (Wildman–Crippen LogP) is 5.38. The maximum atomic E-state index is 12.3. The molecule has 3 nitrogen and oxygen atoms in total. The van der Waals surface area contributed by atoms with E-state index < -0.39 is 0 Å².